The third kappa shape index (κ3) is 1.85. The molecule has 0 saturated heterocycles. The fourth-order valence-corrected chi connectivity index (χ4v) is 2.44. The van der Waals surface area contributed by atoms with Crippen LogP contribution in [0.1, 0.15) is 17.8 Å². The number of H-pyrrole nitrogens is 1. The Morgan fingerprint density at radius 2 is 2.62 bits per heavy atom. The zero-order valence-electron chi connectivity index (χ0n) is 7.12. The monoisotopic (exact) mass is 197 g/mol. The third-order valence-electron chi connectivity index (χ3n) is 2.23. The molecule has 13 heavy (non-hydrogen) atoms. The Bertz CT molecular complexity index is 323. The molecule has 1 aromatic heterocycles. The van der Waals surface area contributed by atoms with E-state index in [0.29, 0.717) is 5.25 Å². The molecule has 0 fully saturated rings. The fraction of sp³-hybridized carbons (Fsp3) is 0.500. The Morgan fingerprint density at radius 1 is 1.77 bits per heavy atom. The van der Waals surface area contributed by atoms with Crippen molar-refractivity contribution in [1.29, 1.82) is 0 Å². The first-order chi connectivity index (χ1) is 6.25. The molecule has 0 aromatic carbocycles. The Balaban J connectivity index is 2.04. The molecule has 0 spiro atoms. The van der Waals surface area contributed by atoms with Gasteiger partial charge in [0.05, 0.1) is 12.0 Å². The maximum absolute atomic E-state index is 10.7. The summed E-state index contributed by atoms with van der Waals surface area (Å²) in [5, 5.41) is 0.0253. The van der Waals surface area contributed by atoms with E-state index in [-0.39, 0.29) is 5.24 Å². The van der Waals surface area contributed by atoms with Crippen LogP contribution in [-0.2, 0) is 12.8 Å². The number of aromatic amines is 1. The highest BCUT2D eigenvalue weighted by Gasteiger charge is 2.22. The summed E-state index contributed by atoms with van der Waals surface area (Å²) in [6, 6.07) is 0. The zero-order valence-corrected chi connectivity index (χ0v) is 7.93. The maximum Gasteiger partial charge on any atom is 0.276 e. The van der Waals surface area contributed by atoms with Gasteiger partial charge in [-0.3, -0.25) is 4.79 Å². The van der Waals surface area contributed by atoms with Crippen molar-refractivity contribution in [1.82, 2.24) is 9.97 Å². The van der Waals surface area contributed by atoms with E-state index in [9.17, 15) is 4.79 Å². The van der Waals surface area contributed by atoms with Crippen LogP contribution in [-0.4, -0.2) is 20.5 Å². The predicted molar refractivity (Wildman–Crippen MR) is 51.6 cm³/mol. The summed E-state index contributed by atoms with van der Waals surface area (Å²) in [7, 11) is 0. The first-order valence-electron chi connectivity index (χ1n) is 4.23. The number of imidazole rings is 1. The van der Waals surface area contributed by atoms with Gasteiger partial charge >= 0.3 is 0 Å². The molecule has 0 radical (unpaired) electrons. The molecule has 1 unspecified atom stereocenters. The highest BCUT2D eigenvalue weighted by molar-refractivity contribution is 8.14. The van der Waals surface area contributed by atoms with E-state index in [4.69, 9.17) is 5.73 Å². The van der Waals surface area contributed by atoms with Crippen LogP contribution in [0.3, 0.4) is 0 Å². The second kappa shape index (κ2) is 3.41. The predicted octanol–water partition coefficient (Wildman–Crippen LogP) is 1.08. The first-order valence-corrected chi connectivity index (χ1v) is 5.11. The molecule has 4 nitrogen and oxygen atoms in total. The molecule has 70 valence electrons. The molecule has 1 aliphatic rings. The van der Waals surface area contributed by atoms with Gasteiger partial charge < -0.3 is 10.7 Å². The largest absolute Gasteiger partial charge is 0.361 e. The number of aromatic nitrogens is 2. The summed E-state index contributed by atoms with van der Waals surface area (Å²) in [5.74, 6) is 0. The lowest BCUT2D eigenvalue weighted by molar-refractivity contribution is 0.267. The SMILES string of the molecule is NC(=O)SC1CCc2[nH]cnc2C1. The standard InChI is InChI=1S/C8H11N3OS/c9-8(12)13-5-1-2-6-7(3-5)11-4-10-6/h4-5H,1-3H2,(H2,9,12)(H,10,11). The summed E-state index contributed by atoms with van der Waals surface area (Å²) in [4.78, 5) is 18.0. The Hall–Kier alpha value is -0.970. The zero-order chi connectivity index (χ0) is 9.26. The van der Waals surface area contributed by atoms with Crippen molar-refractivity contribution in [3.63, 3.8) is 0 Å². The van der Waals surface area contributed by atoms with E-state index in [1.54, 1.807) is 6.33 Å². The van der Waals surface area contributed by atoms with Crippen LogP contribution in [0, 0.1) is 0 Å². The average molecular weight is 197 g/mol. The number of amides is 1. The molecule has 3 N–H and O–H groups in total. The van der Waals surface area contributed by atoms with E-state index in [2.05, 4.69) is 9.97 Å². The molecule has 0 aliphatic heterocycles. The number of nitrogens with one attached hydrogen (secondary N) is 1. The van der Waals surface area contributed by atoms with Crippen molar-refractivity contribution < 1.29 is 4.79 Å². The van der Waals surface area contributed by atoms with Gasteiger partial charge in [-0.2, -0.15) is 0 Å². The normalized spacial score (nSPS) is 21.1. The van der Waals surface area contributed by atoms with E-state index in [0.717, 1.165) is 25.0 Å². The second-order valence-corrected chi connectivity index (χ2v) is 4.43. The Labute approximate surface area is 80.3 Å². The van der Waals surface area contributed by atoms with Gasteiger partial charge in [0.1, 0.15) is 0 Å². The highest BCUT2D eigenvalue weighted by atomic mass is 32.2. The fourth-order valence-electron chi connectivity index (χ4n) is 1.63. The quantitative estimate of drug-likeness (QED) is 0.707. The van der Waals surface area contributed by atoms with E-state index in [1.807, 2.05) is 0 Å². The topological polar surface area (TPSA) is 71.8 Å². The number of primary amides is 1. The van der Waals surface area contributed by atoms with Crippen LogP contribution in [0.2, 0.25) is 0 Å². The Kier molecular flexibility index (Phi) is 2.26. The van der Waals surface area contributed by atoms with Crippen LogP contribution in [0.15, 0.2) is 6.33 Å². The van der Waals surface area contributed by atoms with E-state index >= 15 is 0 Å². The molecule has 1 aromatic rings. The van der Waals surface area contributed by atoms with Gasteiger partial charge in [0.15, 0.2) is 0 Å². The molecule has 2 rings (SSSR count). The molecule has 1 atom stereocenters. The molecule has 1 heterocycles. The smallest absolute Gasteiger partial charge is 0.276 e. The lowest BCUT2D eigenvalue weighted by Crippen LogP contribution is -2.20. The number of nitrogens with zero attached hydrogens (tertiary/aromatic N) is 1. The van der Waals surface area contributed by atoms with E-state index < -0.39 is 0 Å². The summed E-state index contributed by atoms with van der Waals surface area (Å²) < 4.78 is 0. The van der Waals surface area contributed by atoms with Crippen molar-refractivity contribution in [2.75, 3.05) is 0 Å². The van der Waals surface area contributed by atoms with Gasteiger partial charge in [0.25, 0.3) is 5.24 Å². The van der Waals surface area contributed by atoms with Crippen molar-refractivity contribution in [3.8, 4) is 0 Å². The van der Waals surface area contributed by atoms with Crippen LogP contribution < -0.4 is 5.73 Å². The summed E-state index contributed by atoms with van der Waals surface area (Å²) in [6.07, 6.45) is 4.54. The van der Waals surface area contributed by atoms with Crippen molar-refractivity contribution in [2.24, 2.45) is 5.73 Å². The number of hydrogen-bond acceptors (Lipinski definition) is 3. The number of fused-ring (bicyclic) bond motifs is 1. The van der Waals surface area contributed by atoms with Crippen molar-refractivity contribution in [3.05, 3.63) is 17.7 Å². The van der Waals surface area contributed by atoms with Crippen molar-refractivity contribution >= 4 is 17.0 Å². The molecule has 1 amide bonds. The molecule has 0 bridgehead atoms. The van der Waals surface area contributed by atoms with Crippen LogP contribution in [0.4, 0.5) is 4.79 Å². The number of thioether (sulfide) groups is 1. The number of carbonyl (C=O) groups is 1. The Morgan fingerprint density at radius 3 is 3.38 bits per heavy atom. The van der Waals surface area contributed by atoms with Gasteiger partial charge in [-0.1, -0.05) is 11.8 Å². The van der Waals surface area contributed by atoms with Crippen LogP contribution in [0.25, 0.3) is 0 Å². The summed E-state index contributed by atoms with van der Waals surface area (Å²) in [5.41, 5.74) is 7.41. The number of carbonyl (C=O) groups excluding carboxylic acids is 1. The molecular formula is C8H11N3OS. The van der Waals surface area contributed by atoms with Crippen molar-refractivity contribution in [2.45, 2.75) is 24.5 Å². The van der Waals surface area contributed by atoms with Crippen LogP contribution in [0.5, 0.6) is 0 Å². The minimum atomic E-state index is -0.288. The number of hydrogen-bond donors (Lipinski definition) is 2. The van der Waals surface area contributed by atoms with Gasteiger partial charge in [-0.25, -0.2) is 4.98 Å². The van der Waals surface area contributed by atoms with Gasteiger partial charge in [0, 0.05) is 17.4 Å². The number of nitrogens with two attached hydrogens (primary N) is 1. The lowest BCUT2D eigenvalue weighted by Gasteiger charge is -2.18. The molecule has 1 aliphatic carbocycles. The summed E-state index contributed by atoms with van der Waals surface area (Å²) >= 11 is 1.23. The molecular weight excluding hydrogens is 186 g/mol. The van der Waals surface area contributed by atoms with Gasteiger partial charge in [0.2, 0.25) is 0 Å². The third-order valence-corrected chi connectivity index (χ3v) is 3.20. The number of aryl methyl sites for hydroxylation is 1. The lowest BCUT2D eigenvalue weighted by atomic mass is 10.0. The van der Waals surface area contributed by atoms with Crippen LogP contribution >= 0.6 is 11.8 Å². The number of rotatable bonds is 1. The van der Waals surface area contributed by atoms with Gasteiger partial charge in [-0.05, 0) is 12.8 Å². The second-order valence-electron chi connectivity index (χ2n) is 3.13. The van der Waals surface area contributed by atoms with E-state index in [1.165, 1.54) is 17.5 Å². The maximum atomic E-state index is 10.7. The average Bonchev–Trinajstić information content (AvgIpc) is 2.49. The summed E-state index contributed by atoms with van der Waals surface area (Å²) in [6.45, 7) is 0. The molecule has 5 heteroatoms. The highest BCUT2D eigenvalue weighted by Crippen LogP contribution is 2.26. The first kappa shape index (κ1) is 8.62. The minimum Gasteiger partial charge on any atom is -0.361 e. The van der Waals surface area contributed by atoms with Gasteiger partial charge in [-0.15, -0.1) is 0 Å². The minimum absolute atomic E-state index is 0.288. The molecule has 0 saturated carbocycles.